The summed E-state index contributed by atoms with van der Waals surface area (Å²) < 4.78 is 0. The number of para-hydroxylation sites is 1. The first-order valence-corrected chi connectivity index (χ1v) is 10.6. The van der Waals surface area contributed by atoms with Gasteiger partial charge in [-0.1, -0.05) is 18.2 Å². The van der Waals surface area contributed by atoms with E-state index in [0.717, 1.165) is 54.2 Å². The zero-order chi connectivity index (χ0) is 20.6. The fourth-order valence-electron chi connectivity index (χ4n) is 4.67. The number of anilines is 2. The highest BCUT2D eigenvalue weighted by Gasteiger charge is 2.48. The third kappa shape index (κ3) is 3.28. The number of aliphatic hydroxyl groups excluding tert-OH is 2. The lowest BCUT2D eigenvalue weighted by molar-refractivity contribution is 0.158. The molecule has 0 bridgehead atoms. The molecule has 156 valence electrons. The lowest BCUT2D eigenvalue weighted by Gasteiger charge is -2.50. The van der Waals surface area contributed by atoms with Gasteiger partial charge in [-0.3, -0.25) is 4.98 Å². The van der Waals surface area contributed by atoms with Crippen LogP contribution in [0.1, 0.15) is 18.5 Å². The second-order valence-corrected chi connectivity index (χ2v) is 8.50. The standard InChI is InChI=1S/C23H27N5O2/c29-13-17-7-11-27(12-8-17)22-21(24-9-10-25-22)23(16-30)14-28(15-23)20-6-5-18-3-1-2-4-19(18)26-20/h1-6,9-10,17,29-30H,7-8,11-16H2. The van der Waals surface area contributed by atoms with Crippen molar-refractivity contribution in [2.24, 2.45) is 5.92 Å². The Hall–Kier alpha value is -2.77. The number of aromatic nitrogens is 3. The van der Waals surface area contributed by atoms with Crippen LogP contribution < -0.4 is 9.80 Å². The van der Waals surface area contributed by atoms with Crippen molar-refractivity contribution in [3.63, 3.8) is 0 Å². The molecule has 0 atom stereocenters. The second kappa shape index (κ2) is 7.81. The molecule has 4 heterocycles. The summed E-state index contributed by atoms with van der Waals surface area (Å²) in [6.45, 7) is 3.30. The summed E-state index contributed by atoms with van der Waals surface area (Å²) in [6.07, 6.45) is 5.34. The molecule has 0 saturated carbocycles. The molecule has 0 radical (unpaired) electrons. The molecular formula is C23H27N5O2. The summed E-state index contributed by atoms with van der Waals surface area (Å²) in [7, 11) is 0. The van der Waals surface area contributed by atoms with Gasteiger partial charge in [0.05, 0.1) is 23.2 Å². The van der Waals surface area contributed by atoms with E-state index in [1.54, 1.807) is 12.4 Å². The van der Waals surface area contributed by atoms with Gasteiger partial charge in [0.2, 0.25) is 0 Å². The monoisotopic (exact) mass is 405 g/mol. The van der Waals surface area contributed by atoms with Gasteiger partial charge in [0.15, 0.2) is 5.82 Å². The Bertz CT molecular complexity index is 1030. The second-order valence-electron chi connectivity index (χ2n) is 8.50. The number of fused-ring (bicyclic) bond motifs is 1. The first-order valence-electron chi connectivity index (χ1n) is 10.6. The van der Waals surface area contributed by atoms with Crippen LogP contribution in [0.5, 0.6) is 0 Å². The number of pyridine rings is 1. The molecule has 0 unspecified atom stereocenters. The molecule has 2 saturated heterocycles. The van der Waals surface area contributed by atoms with Gasteiger partial charge in [-0.15, -0.1) is 0 Å². The molecule has 2 N–H and O–H groups in total. The molecular weight excluding hydrogens is 378 g/mol. The van der Waals surface area contributed by atoms with Crippen molar-refractivity contribution in [1.82, 2.24) is 15.0 Å². The van der Waals surface area contributed by atoms with E-state index in [4.69, 9.17) is 4.98 Å². The molecule has 2 fully saturated rings. The van der Waals surface area contributed by atoms with Gasteiger partial charge in [0, 0.05) is 50.6 Å². The molecule has 0 aliphatic carbocycles. The number of aliphatic hydroxyl groups is 2. The summed E-state index contributed by atoms with van der Waals surface area (Å²) in [5.41, 5.74) is 1.40. The van der Waals surface area contributed by atoms with Crippen LogP contribution in [-0.2, 0) is 5.41 Å². The molecule has 7 heteroatoms. The first kappa shape index (κ1) is 19.2. The highest BCUT2D eigenvalue weighted by atomic mass is 16.3. The highest BCUT2D eigenvalue weighted by Crippen LogP contribution is 2.40. The van der Waals surface area contributed by atoms with Crippen LogP contribution in [0.2, 0.25) is 0 Å². The lowest BCUT2D eigenvalue weighted by Crippen LogP contribution is -2.62. The normalized spacial score (nSPS) is 19.1. The minimum atomic E-state index is -0.440. The fourth-order valence-corrected chi connectivity index (χ4v) is 4.67. The van der Waals surface area contributed by atoms with E-state index in [1.165, 1.54) is 0 Å². The van der Waals surface area contributed by atoms with E-state index in [1.807, 2.05) is 24.3 Å². The Morgan fingerprint density at radius 2 is 1.70 bits per heavy atom. The number of nitrogens with zero attached hydrogens (tertiary/aromatic N) is 5. The molecule has 2 aliphatic rings. The van der Waals surface area contributed by atoms with Crippen LogP contribution in [0.15, 0.2) is 48.8 Å². The first-order chi connectivity index (χ1) is 14.7. The van der Waals surface area contributed by atoms with Crippen LogP contribution in [0.25, 0.3) is 10.9 Å². The number of rotatable bonds is 5. The molecule has 0 amide bonds. The fraction of sp³-hybridized carbons (Fsp3) is 0.435. The van der Waals surface area contributed by atoms with Gasteiger partial charge >= 0.3 is 0 Å². The van der Waals surface area contributed by atoms with Gasteiger partial charge < -0.3 is 20.0 Å². The van der Waals surface area contributed by atoms with Crippen molar-refractivity contribution in [1.29, 1.82) is 0 Å². The van der Waals surface area contributed by atoms with Crippen LogP contribution in [-0.4, -0.2) is 64.6 Å². The zero-order valence-corrected chi connectivity index (χ0v) is 17.0. The maximum Gasteiger partial charge on any atom is 0.151 e. The maximum absolute atomic E-state index is 10.4. The Labute approximate surface area is 176 Å². The van der Waals surface area contributed by atoms with Crippen molar-refractivity contribution in [3.8, 4) is 0 Å². The van der Waals surface area contributed by atoms with Crippen LogP contribution >= 0.6 is 0 Å². The minimum absolute atomic E-state index is 0.0237. The van der Waals surface area contributed by atoms with Crippen LogP contribution in [0.4, 0.5) is 11.6 Å². The maximum atomic E-state index is 10.4. The van der Waals surface area contributed by atoms with Gasteiger partial charge in [-0.25, -0.2) is 9.97 Å². The minimum Gasteiger partial charge on any atom is -0.396 e. The zero-order valence-electron chi connectivity index (χ0n) is 17.0. The van der Waals surface area contributed by atoms with Crippen LogP contribution in [0, 0.1) is 5.92 Å². The smallest absolute Gasteiger partial charge is 0.151 e. The van der Waals surface area contributed by atoms with E-state index >= 15 is 0 Å². The average molecular weight is 406 g/mol. The molecule has 2 aliphatic heterocycles. The summed E-state index contributed by atoms with van der Waals surface area (Å²) in [4.78, 5) is 18.6. The van der Waals surface area contributed by atoms with E-state index < -0.39 is 5.41 Å². The van der Waals surface area contributed by atoms with Gasteiger partial charge in [-0.2, -0.15) is 0 Å². The van der Waals surface area contributed by atoms with Crippen molar-refractivity contribution in [2.75, 3.05) is 49.2 Å². The highest BCUT2D eigenvalue weighted by molar-refractivity contribution is 5.80. The summed E-state index contributed by atoms with van der Waals surface area (Å²) in [5, 5.41) is 20.9. The third-order valence-corrected chi connectivity index (χ3v) is 6.55. The summed E-state index contributed by atoms with van der Waals surface area (Å²) in [6, 6.07) is 12.2. The van der Waals surface area contributed by atoms with Crippen molar-refractivity contribution in [2.45, 2.75) is 18.3 Å². The number of hydrogen-bond donors (Lipinski definition) is 2. The third-order valence-electron chi connectivity index (χ3n) is 6.55. The number of hydrogen-bond acceptors (Lipinski definition) is 7. The number of piperidine rings is 1. The molecule has 1 aromatic carbocycles. The largest absolute Gasteiger partial charge is 0.396 e. The lowest BCUT2D eigenvalue weighted by atomic mass is 9.76. The predicted molar refractivity (Wildman–Crippen MR) is 117 cm³/mol. The Morgan fingerprint density at radius 3 is 2.47 bits per heavy atom. The van der Waals surface area contributed by atoms with Crippen molar-refractivity contribution < 1.29 is 10.2 Å². The molecule has 5 rings (SSSR count). The number of benzene rings is 1. The molecule has 7 nitrogen and oxygen atoms in total. The SMILES string of the molecule is OCC1CCN(c2nccnc2C2(CO)CN(c3ccc4ccccc4n3)C2)CC1. The van der Waals surface area contributed by atoms with Crippen molar-refractivity contribution in [3.05, 3.63) is 54.5 Å². The van der Waals surface area contributed by atoms with E-state index in [9.17, 15) is 10.2 Å². The Balaban J connectivity index is 1.39. The van der Waals surface area contributed by atoms with E-state index in [-0.39, 0.29) is 13.2 Å². The van der Waals surface area contributed by atoms with Gasteiger partial charge in [0.1, 0.15) is 5.82 Å². The predicted octanol–water partition coefficient (Wildman–Crippen LogP) is 1.98. The Morgan fingerprint density at radius 1 is 0.933 bits per heavy atom. The van der Waals surface area contributed by atoms with Gasteiger partial charge in [-0.05, 0) is 37.0 Å². The van der Waals surface area contributed by atoms with Gasteiger partial charge in [0.25, 0.3) is 0 Å². The molecule has 30 heavy (non-hydrogen) atoms. The molecule has 0 spiro atoms. The Kier molecular flexibility index (Phi) is 5.00. The quantitative estimate of drug-likeness (QED) is 0.671. The topological polar surface area (TPSA) is 85.6 Å². The summed E-state index contributed by atoms with van der Waals surface area (Å²) >= 11 is 0. The average Bonchev–Trinajstić information content (AvgIpc) is 2.79. The summed E-state index contributed by atoms with van der Waals surface area (Å²) in [5.74, 6) is 2.16. The molecule has 3 aromatic rings. The van der Waals surface area contributed by atoms with Crippen molar-refractivity contribution >= 4 is 22.5 Å². The molecule has 2 aromatic heterocycles. The van der Waals surface area contributed by atoms with Crippen LogP contribution in [0.3, 0.4) is 0 Å². The van der Waals surface area contributed by atoms with E-state index in [2.05, 4.69) is 31.9 Å². The van der Waals surface area contributed by atoms with E-state index in [0.29, 0.717) is 19.0 Å².